The highest BCUT2D eigenvalue weighted by Crippen LogP contribution is 2.31. The first-order chi connectivity index (χ1) is 8.52. The lowest BCUT2D eigenvalue weighted by atomic mass is 10.2. The molecule has 0 spiro atoms. The zero-order chi connectivity index (χ0) is 13.2. The lowest BCUT2D eigenvalue weighted by Crippen LogP contribution is -2.18. The topological polar surface area (TPSA) is 56.7 Å². The minimum absolute atomic E-state index is 0.0166. The highest BCUT2D eigenvalue weighted by molar-refractivity contribution is 5.19. The van der Waals surface area contributed by atoms with Crippen LogP contribution >= 0.6 is 0 Å². The van der Waals surface area contributed by atoms with Crippen LogP contribution in [-0.4, -0.2) is 15.0 Å². The predicted molar refractivity (Wildman–Crippen MR) is 58.5 cm³/mol. The van der Waals surface area contributed by atoms with Crippen molar-refractivity contribution in [2.45, 2.75) is 19.3 Å². The van der Waals surface area contributed by atoms with Gasteiger partial charge in [-0.05, 0) is 5.56 Å². The summed E-state index contributed by atoms with van der Waals surface area (Å²) in [6, 6.07) is 8.75. The third-order valence-electron chi connectivity index (χ3n) is 2.44. The Balaban J connectivity index is 2.37. The Hall–Kier alpha value is -1.89. The van der Waals surface area contributed by atoms with E-state index in [1.807, 2.05) is 0 Å². The zero-order valence-corrected chi connectivity index (χ0v) is 9.35. The van der Waals surface area contributed by atoms with Crippen molar-refractivity contribution in [2.24, 2.45) is 5.73 Å². The van der Waals surface area contributed by atoms with Gasteiger partial charge < -0.3 is 5.73 Å². The number of alkyl halides is 3. The molecule has 0 aliphatic heterocycles. The van der Waals surface area contributed by atoms with E-state index in [1.54, 1.807) is 30.3 Å². The van der Waals surface area contributed by atoms with Gasteiger partial charge in [0.05, 0.1) is 6.54 Å². The Bertz CT molecular complexity index is 519. The molecule has 0 saturated heterocycles. The van der Waals surface area contributed by atoms with E-state index in [1.165, 1.54) is 0 Å². The number of benzene rings is 1. The van der Waals surface area contributed by atoms with E-state index in [-0.39, 0.29) is 18.8 Å². The van der Waals surface area contributed by atoms with Gasteiger partial charge in [0.2, 0.25) is 0 Å². The summed E-state index contributed by atoms with van der Waals surface area (Å²) < 4.78 is 39.5. The molecule has 96 valence electrons. The Morgan fingerprint density at radius 1 is 1.17 bits per heavy atom. The molecule has 0 saturated carbocycles. The van der Waals surface area contributed by atoms with E-state index in [0.717, 1.165) is 10.2 Å². The summed E-state index contributed by atoms with van der Waals surface area (Å²) in [6.07, 6.45) is -4.51. The number of nitrogens with two attached hydrogens (primary N) is 1. The van der Waals surface area contributed by atoms with Crippen molar-refractivity contribution in [3.63, 3.8) is 0 Å². The van der Waals surface area contributed by atoms with Gasteiger partial charge in [0.25, 0.3) is 0 Å². The van der Waals surface area contributed by atoms with Crippen LogP contribution in [0.5, 0.6) is 0 Å². The van der Waals surface area contributed by atoms with Crippen LogP contribution in [0, 0.1) is 0 Å². The number of hydrogen-bond acceptors (Lipinski definition) is 3. The third-order valence-corrected chi connectivity index (χ3v) is 2.44. The van der Waals surface area contributed by atoms with E-state index in [9.17, 15) is 13.2 Å². The molecule has 0 unspecified atom stereocenters. The van der Waals surface area contributed by atoms with Gasteiger partial charge in [0.15, 0.2) is 5.69 Å². The number of rotatable bonds is 3. The first-order valence-corrected chi connectivity index (χ1v) is 5.26. The lowest BCUT2D eigenvalue weighted by Gasteiger charge is -2.10. The van der Waals surface area contributed by atoms with Crippen molar-refractivity contribution >= 4 is 0 Å². The molecule has 0 amide bonds. The molecular formula is C11H11F3N4. The second-order valence-electron chi connectivity index (χ2n) is 3.73. The second-order valence-corrected chi connectivity index (χ2v) is 3.73. The Kier molecular flexibility index (Phi) is 3.33. The Morgan fingerprint density at radius 2 is 1.83 bits per heavy atom. The van der Waals surface area contributed by atoms with Crippen molar-refractivity contribution in [3.05, 3.63) is 47.3 Å². The maximum absolute atomic E-state index is 12.9. The zero-order valence-electron chi connectivity index (χ0n) is 9.35. The summed E-state index contributed by atoms with van der Waals surface area (Å²) in [4.78, 5) is 0. The van der Waals surface area contributed by atoms with Crippen molar-refractivity contribution in [1.82, 2.24) is 15.0 Å². The average Bonchev–Trinajstić information content (AvgIpc) is 2.73. The van der Waals surface area contributed by atoms with Gasteiger partial charge in [-0.15, -0.1) is 5.10 Å². The summed E-state index contributed by atoms with van der Waals surface area (Å²) in [6.45, 7) is -0.272. The summed E-state index contributed by atoms with van der Waals surface area (Å²) in [7, 11) is 0. The van der Waals surface area contributed by atoms with Gasteiger partial charge in [-0.2, -0.15) is 13.2 Å². The van der Waals surface area contributed by atoms with Gasteiger partial charge in [0.1, 0.15) is 5.69 Å². The van der Waals surface area contributed by atoms with E-state index >= 15 is 0 Å². The van der Waals surface area contributed by atoms with Crippen LogP contribution in [0.25, 0.3) is 0 Å². The maximum Gasteiger partial charge on any atom is 0.434 e. The molecule has 18 heavy (non-hydrogen) atoms. The summed E-state index contributed by atoms with van der Waals surface area (Å²) in [5.74, 6) is 0. The monoisotopic (exact) mass is 256 g/mol. The van der Waals surface area contributed by atoms with Crippen molar-refractivity contribution in [3.8, 4) is 0 Å². The lowest BCUT2D eigenvalue weighted by molar-refractivity contribution is -0.144. The fraction of sp³-hybridized carbons (Fsp3) is 0.273. The summed E-state index contributed by atoms with van der Waals surface area (Å²) in [5, 5.41) is 6.98. The fourth-order valence-electron chi connectivity index (χ4n) is 1.66. The molecule has 0 atom stereocenters. The van der Waals surface area contributed by atoms with Gasteiger partial charge in [-0.3, -0.25) is 0 Å². The molecule has 1 heterocycles. The Labute approximate surface area is 101 Å². The standard InChI is InChI=1S/C11H11F3N4/c12-11(13,14)10-9(6-15)16-17-18(10)7-8-4-2-1-3-5-8/h1-5H,6-7,15H2. The molecule has 2 aromatic rings. The molecule has 0 bridgehead atoms. The van der Waals surface area contributed by atoms with Crippen molar-refractivity contribution in [1.29, 1.82) is 0 Å². The van der Waals surface area contributed by atoms with Crippen LogP contribution in [0.15, 0.2) is 30.3 Å². The van der Waals surface area contributed by atoms with Crippen LogP contribution in [0.1, 0.15) is 17.0 Å². The van der Waals surface area contributed by atoms with E-state index in [4.69, 9.17) is 5.73 Å². The number of aromatic nitrogens is 3. The largest absolute Gasteiger partial charge is 0.434 e. The molecule has 1 aromatic heterocycles. The molecule has 0 fully saturated rings. The van der Waals surface area contributed by atoms with Crippen LogP contribution in [0.3, 0.4) is 0 Å². The average molecular weight is 256 g/mol. The SMILES string of the molecule is NCc1nnn(Cc2ccccc2)c1C(F)(F)F. The predicted octanol–water partition coefficient (Wildman–Crippen LogP) is 1.80. The molecule has 4 nitrogen and oxygen atoms in total. The fourth-order valence-corrected chi connectivity index (χ4v) is 1.66. The normalized spacial score (nSPS) is 11.8. The summed E-state index contributed by atoms with van der Waals surface area (Å²) >= 11 is 0. The van der Waals surface area contributed by atoms with Gasteiger partial charge in [-0.25, -0.2) is 4.68 Å². The van der Waals surface area contributed by atoms with Crippen molar-refractivity contribution < 1.29 is 13.2 Å². The van der Waals surface area contributed by atoms with Gasteiger partial charge >= 0.3 is 6.18 Å². The molecule has 0 aliphatic rings. The molecule has 1 aromatic carbocycles. The first-order valence-electron chi connectivity index (χ1n) is 5.26. The smallest absolute Gasteiger partial charge is 0.325 e. The molecule has 0 radical (unpaired) electrons. The highest BCUT2D eigenvalue weighted by atomic mass is 19.4. The maximum atomic E-state index is 12.9. The minimum Gasteiger partial charge on any atom is -0.325 e. The number of nitrogens with zero attached hydrogens (tertiary/aromatic N) is 3. The minimum atomic E-state index is -4.51. The Morgan fingerprint density at radius 3 is 2.39 bits per heavy atom. The molecule has 7 heteroatoms. The number of hydrogen-bond donors (Lipinski definition) is 1. The number of halogens is 3. The quantitative estimate of drug-likeness (QED) is 0.911. The van der Waals surface area contributed by atoms with Gasteiger partial charge in [0, 0.05) is 6.54 Å². The van der Waals surface area contributed by atoms with Crippen molar-refractivity contribution in [2.75, 3.05) is 0 Å². The van der Waals surface area contributed by atoms with Crippen LogP contribution in [0.4, 0.5) is 13.2 Å². The van der Waals surface area contributed by atoms with Gasteiger partial charge in [-0.1, -0.05) is 35.5 Å². The van der Waals surface area contributed by atoms with E-state index in [2.05, 4.69) is 10.3 Å². The first kappa shape index (κ1) is 12.6. The second kappa shape index (κ2) is 4.77. The molecule has 0 aliphatic carbocycles. The molecular weight excluding hydrogens is 245 g/mol. The summed E-state index contributed by atoms with van der Waals surface area (Å²) in [5.41, 5.74) is 4.84. The van der Waals surface area contributed by atoms with Crippen LogP contribution in [-0.2, 0) is 19.3 Å². The van der Waals surface area contributed by atoms with Crippen LogP contribution in [0.2, 0.25) is 0 Å². The van der Waals surface area contributed by atoms with Crippen LogP contribution < -0.4 is 5.73 Å². The molecule has 2 rings (SSSR count). The van der Waals surface area contributed by atoms with E-state index < -0.39 is 11.9 Å². The molecule has 2 N–H and O–H groups in total. The van der Waals surface area contributed by atoms with E-state index in [0.29, 0.717) is 0 Å². The third kappa shape index (κ3) is 2.51. The highest BCUT2D eigenvalue weighted by Gasteiger charge is 2.38.